The number of amides is 1. The van der Waals surface area contributed by atoms with Gasteiger partial charge in [-0.3, -0.25) is 10.2 Å². The van der Waals surface area contributed by atoms with E-state index in [0.717, 1.165) is 11.1 Å². The average molecular weight is 352 g/mol. The largest absolute Gasteiger partial charge is 0.284 e. The Balaban J connectivity index is 1.75. The first-order valence-electron chi connectivity index (χ1n) is 7.96. The molecule has 126 valence electrons. The Morgan fingerprint density at radius 1 is 0.880 bits per heavy atom. The molecule has 0 spiro atoms. The number of benzene rings is 2. The summed E-state index contributed by atoms with van der Waals surface area (Å²) in [5.41, 5.74) is 5.67. The molecule has 0 radical (unpaired) electrons. The van der Waals surface area contributed by atoms with Crippen LogP contribution in [0.1, 0.15) is 21.5 Å². The van der Waals surface area contributed by atoms with E-state index in [1.54, 1.807) is 12.1 Å². The van der Waals surface area contributed by atoms with Gasteiger partial charge >= 0.3 is 0 Å². The normalized spacial score (nSPS) is 10.6. The SMILES string of the molecule is O=C(NN(Cc1ccccc1)Cc1ccccc1)c1ccc(Cl)nc1. The molecule has 0 aliphatic heterocycles. The lowest BCUT2D eigenvalue weighted by Crippen LogP contribution is -2.41. The molecule has 3 rings (SSSR count). The molecule has 1 heterocycles. The van der Waals surface area contributed by atoms with Crippen LogP contribution in [0.15, 0.2) is 79.0 Å². The fraction of sp³-hybridized carbons (Fsp3) is 0.100. The lowest BCUT2D eigenvalue weighted by molar-refractivity contribution is 0.0759. The second kappa shape index (κ2) is 8.42. The van der Waals surface area contributed by atoms with Crippen molar-refractivity contribution in [1.82, 2.24) is 15.4 Å². The Hall–Kier alpha value is -2.69. The number of hydrogen-bond donors (Lipinski definition) is 1. The molecule has 0 aliphatic carbocycles. The summed E-state index contributed by atoms with van der Waals surface area (Å²) < 4.78 is 0. The van der Waals surface area contributed by atoms with Crippen LogP contribution in [0.25, 0.3) is 0 Å². The van der Waals surface area contributed by atoms with Gasteiger partial charge in [-0.2, -0.15) is 0 Å². The lowest BCUT2D eigenvalue weighted by atomic mass is 10.2. The number of hydrazine groups is 1. The van der Waals surface area contributed by atoms with Gasteiger partial charge in [0.2, 0.25) is 0 Å². The Kier molecular flexibility index (Phi) is 5.77. The Labute approximate surface area is 152 Å². The zero-order valence-electron chi connectivity index (χ0n) is 13.6. The maximum absolute atomic E-state index is 12.5. The minimum absolute atomic E-state index is 0.212. The molecule has 1 N–H and O–H groups in total. The molecule has 0 unspecified atom stereocenters. The summed E-state index contributed by atoms with van der Waals surface area (Å²) in [7, 11) is 0. The zero-order chi connectivity index (χ0) is 17.5. The molecule has 0 aliphatic rings. The standard InChI is InChI=1S/C20H18ClN3O/c21-19-12-11-18(13-22-19)20(25)23-24(14-16-7-3-1-4-8-16)15-17-9-5-2-6-10-17/h1-13H,14-15H2,(H,23,25). The summed E-state index contributed by atoms with van der Waals surface area (Å²) in [6, 6.07) is 23.3. The van der Waals surface area contributed by atoms with E-state index < -0.39 is 0 Å². The van der Waals surface area contributed by atoms with Gasteiger partial charge in [0, 0.05) is 19.3 Å². The first-order valence-corrected chi connectivity index (χ1v) is 8.34. The molecule has 1 amide bonds. The molecule has 0 bridgehead atoms. The second-order valence-electron chi connectivity index (χ2n) is 5.64. The highest BCUT2D eigenvalue weighted by atomic mass is 35.5. The van der Waals surface area contributed by atoms with Crippen LogP contribution in [0.2, 0.25) is 5.15 Å². The van der Waals surface area contributed by atoms with E-state index in [1.807, 2.05) is 65.7 Å². The number of rotatable bonds is 6. The van der Waals surface area contributed by atoms with Gasteiger partial charge in [-0.15, -0.1) is 0 Å². The highest BCUT2D eigenvalue weighted by molar-refractivity contribution is 6.29. The number of nitrogens with zero attached hydrogens (tertiary/aromatic N) is 2. The van der Waals surface area contributed by atoms with Crippen molar-refractivity contribution in [2.45, 2.75) is 13.1 Å². The number of aromatic nitrogens is 1. The summed E-state index contributed by atoms with van der Waals surface area (Å²) in [5.74, 6) is -0.212. The first-order chi connectivity index (χ1) is 12.2. The molecular formula is C20H18ClN3O. The van der Waals surface area contributed by atoms with Gasteiger partial charge in [0.1, 0.15) is 5.15 Å². The fourth-order valence-corrected chi connectivity index (χ4v) is 2.57. The lowest BCUT2D eigenvalue weighted by Gasteiger charge is -2.23. The van der Waals surface area contributed by atoms with Gasteiger partial charge in [-0.05, 0) is 23.3 Å². The predicted octanol–water partition coefficient (Wildman–Crippen LogP) is 4.08. The predicted molar refractivity (Wildman–Crippen MR) is 98.8 cm³/mol. The van der Waals surface area contributed by atoms with E-state index in [-0.39, 0.29) is 5.91 Å². The van der Waals surface area contributed by atoms with Crippen molar-refractivity contribution in [2.75, 3.05) is 0 Å². The van der Waals surface area contributed by atoms with Crippen molar-refractivity contribution in [3.63, 3.8) is 0 Å². The molecular weight excluding hydrogens is 334 g/mol. The van der Waals surface area contributed by atoms with Crippen LogP contribution >= 0.6 is 11.6 Å². The summed E-state index contributed by atoms with van der Waals surface area (Å²) in [5, 5.41) is 2.25. The van der Waals surface area contributed by atoms with Gasteiger partial charge in [0.25, 0.3) is 5.91 Å². The number of hydrogen-bond acceptors (Lipinski definition) is 3. The average Bonchev–Trinajstić information content (AvgIpc) is 2.64. The van der Waals surface area contributed by atoms with Crippen molar-refractivity contribution in [1.29, 1.82) is 0 Å². The fourth-order valence-electron chi connectivity index (χ4n) is 2.46. The molecule has 2 aromatic carbocycles. The second-order valence-corrected chi connectivity index (χ2v) is 6.03. The number of nitrogens with one attached hydrogen (secondary N) is 1. The van der Waals surface area contributed by atoms with E-state index in [4.69, 9.17) is 11.6 Å². The van der Waals surface area contributed by atoms with E-state index in [9.17, 15) is 4.79 Å². The minimum atomic E-state index is -0.212. The molecule has 25 heavy (non-hydrogen) atoms. The van der Waals surface area contributed by atoms with Crippen molar-refractivity contribution in [2.24, 2.45) is 0 Å². The highest BCUT2D eigenvalue weighted by Gasteiger charge is 2.13. The summed E-state index contributed by atoms with van der Waals surface area (Å²) in [6.45, 7) is 1.20. The maximum atomic E-state index is 12.5. The van der Waals surface area contributed by atoms with Crippen LogP contribution in [0.3, 0.4) is 0 Å². The van der Waals surface area contributed by atoms with E-state index >= 15 is 0 Å². The molecule has 0 atom stereocenters. The molecule has 0 fully saturated rings. The van der Waals surface area contributed by atoms with Crippen LogP contribution in [0.4, 0.5) is 0 Å². The quantitative estimate of drug-likeness (QED) is 0.537. The monoisotopic (exact) mass is 351 g/mol. The molecule has 4 nitrogen and oxygen atoms in total. The van der Waals surface area contributed by atoms with Crippen LogP contribution in [0, 0.1) is 0 Å². The van der Waals surface area contributed by atoms with Crippen LogP contribution in [0.5, 0.6) is 0 Å². The Morgan fingerprint density at radius 2 is 1.44 bits per heavy atom. The van der Waals surface area contributed by atoms with Gasteiger partial charge in [0.05, 0.1) is 5.56 Å². The smallest absolute Gasteiger partial charge is 0.267 e. The van der Waals surface area contributed by atoms with Crippen molar-refractivity contribution in [3.05, 3.63) is 101 Å². The van der Waals surface area contributed by atoms with E-state index in [2.05, 4.69) is 10.4 Å². The molecule has 0 saturated carbocycles. The zero-order valence-corrected chi connectivity index (χ0v) is 14.4. The van der Waals surface area contributed by atoms with Crippen molar-refractivity contribution >= 4 is 17.5 Å². The van der Waals surface area contributed by atoms with Crippen LogP contribution in [-0.2, 0) is 13.1 Å². The van der Waals surface area contributed by atoms with E-state index in [0.29, 0.717) is 23.8 Å². The third kappa shape index (κ3) is 5.14. The molecule has 3 aromatic rings. The maximum Gasteiger partial charge on any atom is 0.267 e. The number of pyridine rings is 1. The summed E-state index contributed by atoms with van der Waals surface area (Å²) in [6.07, 6.45) is 1.47. The van der Waals surface area contributed by atoms with Crippen molar-refractivity contribution in [3.8, 4) is 0 Å². The molecule has 5 heteroatoms. The number of halogens is 1. The highest BCUT2D eigenvalue weighted by Crippen LogP contribution is 2.10. The molecule has 1 aromatic heterocycles. The third-order valence-corrected chi connectivity index (χ3v) is 3.91. The van der Waals surface area contributed by atoms with Gasteiger partial charge in [-0.1, -0.05) is 72.3 Å². The van der Waals surface area contributed by atoms with E-state index in [1.165, 1.54) is 6.20 Å². The van der Waals surface area contributed by atoms with Crippen molar-refractivity contribution < 1.29 is 4.79 Å². The summed E-state index contributed by atoms with van der Waals surface area (Å²) in [4.78, 5) is 16.5. The van der Waals surface area contributed by atoms with Crippen LogP contribution in [-0.4, -0.2) is 15.9 Å². The Bertz CT molecular complexity index is 766. The van der Waals surface area contributed by atoms with Gasteiger partial charge < -0.3 is 0 Å². The summed E-state index contributed by atoms with van der Waals surface area (Å²) >= 11 is 5.78. The molecule has 0 saturated heterocycles. The number of carbonyl (C=O) groups excluding carboxylic acids is 1. The third-order valence-electron chi connectivity index (χ3n) is 3.68. The topological polar surface area (TPSA) is 45.2 Å². The Morgan fingerprint density at radius 3 is 1.92 bits per heavy atom. The van der Waals surface area contributed by atoms with Crippen LogP contribution < -0.4 is 5.43 Å². The van der Waals surface area contributed by atoms with Gasteiger partial charge in [-0.25, -0.2) is 9.99 Å². The first kappa shape index (κ1) is 17.1. The number of carbonyl (C=O) groups is 1. The van der Waals surface area contributed by atoms with Gasteiger partial charge in [0.15, 0.2) is 0 Å². The minimum Gasteiger partial charge on any atom is -0.284 e.